The fourth-order valence-corrected chi connectivity index (χ4v) is 1.31. The minimum atomic E-state index is -0.926. The Bertz CT molecular complexity index is 591. The molecule has 17 heavy (non-hydrogen) atoms. The third-order valence-electron chi connectivity index (χ3n) is 2.08. The first-order chi connectivity index (χ1) is 8.19. The molecule has 0 bridgehead atoms. The maximum atomic E-state index is 12.9. The summed E-state index contributed by atoms with van der Waals surface area (Å²) in [5.41, 5.74) is 1.24. The van der Waals surface area contributed by atoms with Gasteiger partial charge in [0, 0.05) is 23.6 Å². The highest BCUT2D eigenvalue weighted by atomic mass is 19.2. The Kier molecular flexibility index (Phi) is 2.97. The maximum Gasteiger partial charge on any atom is 0.160 e. The van der Waals surface area contributed by atoms with Crippen LogP contribution in [0.1, 0.15) is 5.69 Å². The number of benzene rings is 1. The van der Waals surface area contributed by atoms with Crippen LogP contribution in [-0.2, 0) is 0 Å². The van der Waals surface area contributed by atoms with Crippen LogP contribution in [0.25, 0.3) is 0 Å². The molecule has 0 aliphatic carbocycles. The van der Waals surface area contributed by atoms with Crippen molar-refractivity contribution in [3.63, 3.8) is 0 Å². The molecule has 0 saturated heterocycles. The molecule has 3 nitrogen and oxygen atoms in total. The van der Waals surface area contributed by atoms with Gasteiger partial charge in [0.1, 0.15) is 11.8 Å². The highest BCUT2D eigenvalue weighted by Crippen LogP contribution is 2.18. The summed E-state index contributed by atoms with van der Waals surface area (Å²) in [5.74, 6) is -1.83. The molecule has 84 valence electrons. The van der Waals surface area contributed by atoms with E-state index in [0.29, 0.717) is 11.4 Å². The smallest absolute Gasteiger partial charge is 0.160 e. The lowest BCUT2D eigenvalue weighted by atomic mass is 10.2. The van der Waals surface area contributed by atoms with E-state index in [1.807, 2.05) is 6.07 Å². The molecule has 0 saturated carbocycles. The first-order valence-corrected chi connectivity index (χ1v) is 4.77. The second-order valence-electron chi connectivity index (χ2n) is 3.30. The van der Waals surface area contributed by atoms with Gasteiger partial charge in [-0.05, 0) is 24.3 Å². The molecule has 1 N–H and O–H groups in total. The minimum absolute atomic E-state index is 0.248. The van der Waals surface area contributed by atoms with Gasteiger partial charge in [-0.25, -0.2) is 13.8 Å². The van der Waals surface area contributed by atoms with Crippen molar-refractivity contribution < 1.29 is 8.78 Å². The summed E-state index contributed by atoms with van der Waals surface area (Å²) >= 11 is 0. The number of hydrogen-bond donors (Lipinski definition) is 1. The van der Waals surface area contributed by atoms with Crippen molar-refractivity contribution in [2.24, 2.45) is 0 Å². The highest BCUT2D eigenvalue weighted by Gasteiger charge is 2.03. The average Bonchev–Trinajstić information content (AvgIpc) is 2.34. The van der Waals surface area contributed by atoms with Crippen molar-refractivity contribution >= 4 is 11.4 Å². The molecule has 2 aromatic rings. The molecule has 0 aliphatic heterocycles. The molecule has 0 amide bonds. The van der Waals surface area contributed by atoms with E-state index in [4.69, 9.17) is 5.26 Å². The lowest BCUT2D eigenvalue weighted by Crippen LogP contribution is -1.94. The van der Waals surface area contributed by atoms with E-state index in [1.54, 1.807) is 6.07 Å². The third-order valence-corrected chi connectivity index (χ3v) is 2.08. The van der Waals surface area contributed by atoms with Gasteiger partial charge in [-0.2, -0.15) is 5.26 Å². The van der Waals surface area contributed by atoms with Gasteiger partial charge < -0.3 is 5.32 Å². The summed E-state index contributed by atoms with van der Waals surface area (Å²) in [7, 11) is 0. The molecular formula is C12H7F2N3. The van der Waals surface area contributed by atoms with E-state index >= 15 is 0 Å². The Morgan fingerprint density at radius 2 is 1.82 bits per heavy atom. The molecule has 0 aliphatic rings. The predicted molar refractivity (Wildman–Crippen MR) is 58.6 cm³/mol. The third kappa shape index (κ3) is 2.55. The SMILES string of the molecule is N#Cc1cc(Nc2ccc(F)c(F)c2)ccn1. The molecule has 1 aromatic heterocycles. The monoisotopic (exact) mass is 231 g/mol. The summed E-state index contributed by atoms with van der Waals surface area (Å²) in [6, 6.07) is 8.51. The first-order valence-electron chi connectivity index (χ1n) is 4.77. The zero-order valence-corrected chi connectivity index (χ0v) is 8.61. The van der Waals surface area contributed by atoms with E-state index in [0.717, 1.165) is 12.1 Å². The molecule has 1 heterocycles. The predicted octanol–water partition coefficient (Wildman–Crippen LogP) is 2.98. The Morgan fingerprint density at radius 1 is 1.06 bits per heavy atom. The average molecular weight is 231 g/mol. The van der Waals surface area contributed by atoms with Gasteiger partial charge in [-0.15, -0.1) is 0 Å². The Morgan fingerprint density at radius 3 is 2.53 bits per heavy atom. The fraction of sp³-hybridized carbons (Fsp3) is 0. The van der Waals surface area contributed by atoms with Crippen molar-refractivity contribution in [3.8, 4) is 6.07 Å². The number of pyridine rings is 1. The molecule has 0 unspecified atom stereocenters. The zero-order valence-electron chi connectivity index (χ0n) is 8.61. The van der Waals surface area contributed by atoms with Gasteiger partial charge in [-0.3, -0.25) is 0 Å². The largest absolute Gasteiger partial charge is 0.355 e. The van der Waals surface area contributed by atoms with Crippen molar-refractivity contribution in [1.82, 2.24) is 4.98 Å². The highest BCUT2D eigenvalue weighted by molar-refractivity contribution is 5.60. The van der Waals surface area contributed by atoms with Crippen LogP contribution in [0.4, 0.5) is 20.2 Å². The Hall–Kier alpha value is -2.48. The minimum Gasteiger partial charge on any atom is -0.355 e. The number of nitrogens with zero attached hydrogens (tertiary/aromatic N) is 2. The quantitative estimate of drug-likeness (QED) is 0.864. The van der Waals surface area contributed by atoms with Crippen LogP contribution in [0.2, 0.25) is 0 Å². The van der Waals surface area contributed by atoms with E-state index in [1.165, 1.54) is 18.3 Å². The molecule has 0 radical (unpaired) electrons. The lowest BCUT2D eigenvalue weighted by molar-refractivity contribution is 0.509. The summed E-state index contributed by atoms with van der Waals surface area (Å²) < 4.78 is 25.6. The Labute approximate surface area is 96.3 Å². The van der Waals surface area contributed by atoms with E-state index in [-0.39, 0.29) is 5.69 Å². The van der Waals surface area contributed by atoms with Gasteiger partial charge in [0.25, 0.3) is 0 Å². The van der Waals surface area contributed by atoms with Crippen LogP contribution in [0.5, 0.6) is 0 Å². The fourth-order valence-electron chi connectivity index (χ4n) is 1.31. The second-order valence-corrected chi connectivity index (χ2v) is 3.30. The number of nitriles is 1. The number of rotatable bonds is 2. The van der Waals surface area contributed by atoms with Crippen LogP contribution in [-0.4, -0.2) is 4.98 Å². The summed E-state index contributed by atoms with van der Waals surface area (Å²) in [6.07, 6.45) is 1.46. The van der Waals surface area contributed by atoms with Gasteiger partial charge in [0.2, 0.25) is 0 Å². The standard InChI is InChI=1S/C12H7F2N3/c13-11-2-1-8(6-12(11)14)17-9-3-4-16-10(5-9)7-15/h1-6H,(H,16,17). The number of aromatic nitrogens is 1. The van der Waals surface area contributed by atoms with E-state index < -0.39 is 11.6 Å². The second kappa shape index (κ2) is 4.58. The Balaban J connectivity index is 2.25. The molecule has 0 spiro atoms. The molecule has 0 fully saturated rings. The zero-order chi connectivity index (χ0) is 12.3. The topological polar surface area (TPSA) is 48.7 Å². The summed E-state index contributed by atoms with van der Waals surface area (Å²) in [6.45, 7) is 0. The van der Waals surface area contributed by atoms with Crippen molar-refractivity contribution in [1.29, 1.82) is 5.26 Å². The normalized spacial score (nSPS) is 9.71. The van der Waals surface area contributed by atoms with Gasteiger partial charge in [0.05, 0.1) is 0 Å². The van der Waals surface area contributed by atoms with Gasteiger partial charge >= 0.3 is 0 Å². The van der Waals surface area contributed by atoms with Gasteiger partial charge in [-0.1, -0.05) is 0 Å². The van der Waals surface area contributed by atoms with Crippen LogP contribution >= 0.6 is 0 Å². The number of halogens is 2. The van der Waals surface area contributed by atoms with Crippen LogP contribution in [0.3, 0.4) is 0 Å². The van der Waals surface area contributed by atoms with Crippen molar-refractivity contribution in [2.45, 2.75) is 0 Å². The maximum absolute atomic E-state index is 12.9. The molecule has 0 atom stereocenters. The summed E-state index contributed by atoms with van der Waals surface area (Å²) in [5, 5.41) is 11.5. The van der Waals surface area contributed by atoms with E-state index in [9.17, 15) is 8.78 Å². The number of hydrogen-bond acceptors (Lipinski definition) is 3. The van der Waals surface area contributed by atoms with Crippen molar-refractivity contribution in [2.75, 3.05) is 5.32 Å². The first kappa shape index (κ1) is 11.0. The van der Waals surface area contributed by atoms with Crippen LogP contribution in [0, 0.1) is 23.0 Å². The molecule has 2 rings (SSSR count). The van der Waals surface area contributed by atoms with Crippen molar-refractivity contribution in [3.05, 3.63) is 53.9 Å². The lowest BCUT2D eigenvalue weighted by Gasteiger charge is -2.06. The van der Waals surface area contributed by atoms with Crippen LogP contribution in [0.15, 0.2) is 36.5 Å². The van der Waals surface area contributed by atoms with Gasteiger partial charge in [0.15, 0.2) is 11.6 Å². The van der Waals surface area contributed by atoms with Crippen LogP contribution < -0.4 is 5.32 Å². The molecular weight excluding hydrogens is 224 g/mol. The van der Waals surface area contributed by atoms with E-state index in [2.05, 4.69) is 10.3 Å². The summed E-state index contributed by atoms with van der Waals surface area (Å²) in [4.78, 5) is 3.80. The molecule has 5 heteroatoms. The number of nitrogens with one attached hydrogen (secondary N) is 1. The molecule has 1 aromatic carbocycles. The number of anilines is 2.